The number of carbonyl (C=O) groups is 1. The van der Waals surface area contributed by atoms with Crippen LogP contribution in [0.25, 0.3) is 0 Å². The van der Waals surface area contributed by atoms with Crippen LogP contribution in [0, 0.1) is 0 Å². The number of ether oxygens (including phenoxy) is 1. The molecule has 0 saturated heterocycles. The molecular formula is C17H21BrN2O3. The normalized spacial score (nSPS) is 13.6. The number of benzene rings is 1. The van der Waals surface area contributed by atoms with E-state index in [4.69, 9.17) is 9.15 Å². The summed E-state index contributed by atoms with van der Waals surface area (Å²) >= 11 is 3.37. The Morgan fingerprint density at radius 3 is 2.57 bits per heavy atom. The van der Waals surface area contributed by atoms with E-state index in [1.54, 1.807) is 13.2 Å². The van der Waals surface area contributed by atoms with Crippen molar-refractivity contribution in [3.63, 3.8) is 0 Å². The van der Waals surface area contributed by atoms with Gasteiger partial charge >= 0.3 is 0 Å². The van der Waals surface area contributed by atoms with Crippen LogP contribution in [0.4, 0.5) is 0 Å². The summed E-state index contributed by atoms with van der Waals surface area (Å²) in [6, 6.07) is 11.1. The summed E-state index contributed by atoms with van der Waals surface area (Å²) in [7, 11) is 3.89. The van der Waals surface area contributed by atoms with Crippen LogP contribution in [-0.2, 0) is 4.79 Å². The predicted octanol–water partition coefficient (Wildman–Crippen LogP) is 3.23. The highest BCUT2D eigenvalue weighted by molar-refractivity contribution is 9.10. The molecule has 1 N–H and O–H groups in total. The minimum absolute atomic E-state index is 0.0196. The summed E-state index contributed by atoms with van der Waals surface area (Å²) < 4.78 is 12.0. The molecule has 2 unspecified atom stereocenters. The van der Waals surface area contributed by atoms with Gasteiger partial charge < -0.3 is 14.5 Å². The maximum absolute atomic E-state index is 12.2. The van der Waals surface area contributed by atoms with Gasteiger partial charge in [-0.15, -0.1) is 0 Å². The Balaban J connectivity index is 1.88. The molecule has 2 aromatic rings. The molecule has 1 aromatic carbocycles. The molecule has 1 amide bonds. The van der Waals surface area contributed by atoms with Crippen LogP contribution in [0.2, 0.25) is 0 Å². The van der Waals surface area contributed by atoms with E-state index in [0.29, 0.717) is 12.3 Å². The summed E-state index contributed by atoms with van der Waals surface area (Å²) in [5.74, 6) is 1.31. The Bertz CT molecular complexity index is 611. The van der Waals surface area contributed by atoms with Crippen LogP contribution in [0.3, 0.4) is 0 Å². The Kier molecular flexibility index (Phi) is 6.24. The summed E-state index contributed by atoms with van der Waals surface area (Å²) in [6.07, 6.45) is 1.06. The molecule has 6 heteroatoms. The molecule has 5 nitrogen and oxygen atoms in total. The first kappa shape index (κ1) is 17.6. The highest BCUT2D eigenvalue weighted by Gasteiger charge is 2.20. The number of furan rings is 1. The minimum Gasteiger partial charge on any atom is -0.481 e. The SMILES string of the molecule is CC(Oc1ccc(Br)cc1)C(=O)NCC(c1ccco1)N(C)C. The van der Waals surface area contributed by atoms with Gasteiger partial charge in [-0.3, -0.25) is 9.69 Å². The van der Waals surface area contributed by atoms with Crippen LogP contribution in [0.5, 0.6) is 5.75 Å². The number of rotatable bonds is 7. The van der Waals surface area contributed by atoms with E-state index in [1.807, 2.05) is 55.4 Å². The van der Waals surface area contributed by atoms with Crippen molar-refractivity contribution >= 4 is 21.8 Å². The van der Waals surface area contributed by atoms with Gasteiger partial charge in [0, 0.05) is 11.0 Å². The minimum atomic E-state index is -0.574. The molecule has 0 radical (unpaired) electrons. The highest BCUT2D eigenvalue weighted by atomic mass is 79.9. The van der Waals surface area contributed by atoms with Crippen molar-refractivity contribution in [2.24, 2.45) is 0 Å². The lowest BCUT2D eigenvalue weighted by Gasteiger charge is -2.23. The van der Waals surface area contributed by atoms with E-state index in [-0.39, 0.29) is 11.9 Å². The second kappa shape index (κ2) is 8.17. The number of halogens is 1. The van der Waals surface area contributed by atoms with Gasteiger partial charge in [0.25, 0.3) is 5.91 Å². The molecular weight excluding hydrogens is 360 g/mol. The highest BCUT2D eigenvalue weighted by Crippen LogP contribution is 2.19. The number of hydrogen-bond donors (Lipinski definition) is 1. The zero-order valence-electron chi connectivity index (χ0n) is 13.5. The fourth-order valence-corrected chi connectivity index (χ4v) is 2.39. The third kappa shape index (κ3) is 5.11. The number of nitrogens with one attached hydrogen (secondary N) is 1. The smallest absolute Gasteiger partial charge is 0.260 e. The van der Waals surface area contributed by atoms with Crippen LogP contribution in [0.1, 0.15) is 18.7 Å². The van der Waals surface area contributed by atoms with Gasteiger partial charge in [0.05, 0.1) is 12.3 Å². The second-order valence-corrected chi connectivity index (χ2v) is 6.37. The zero-order chi connectivity index (χ0) is 16.8. The first-order valence-corrected chi connectivity index (χ1v) is 8.16. The fraction of sp³-hybridized carbons (Fsp3) is 0.353. The maximum Gasteiger partial charge on any atom is 0.260 e. The van der Waals surface area contributed by atoms with E-state index in [1.165, 1.54) is 0 Å². The van der Waals surface area contributed by atoms with Gasteiger partial charge in [-0.25, -0.2) is 0 Å². The largest absolute Gasteiger partial charge is 0.481 e. The second-order valence-electron chi connectivity index (χ2n) is 5.45. The van der Waals surface area contributed by atoms with Crippen molar-refractivity contribution in [3.8, 4) is 5.75 Å². The molecule has 1 heterocycles. The van der Waals surface area contributed by atoms with Crippen LogP contribution in [-0.4, -0.2) is 37.6 Å². The van der Waals surface area contributed by atoms with Crippen LogP contribution >= 0.6 is 15.9 Å². The Morgan fingerprint density at radius 2 is 2.00 bits per heavy atom. The topological polar surface area (TPSA) is 54.7 Å². The fourth-order valence-electron chi connectivity index (χ4n) is 2.13. The summed E-state index contributed by atoms with van der Waals surface area (Å²) in [6.45, 7) is 2.18. The molecule has 0 aliphatic rings. The van der Waals surface area contributed by atoms with Gasteiger partial charge in [-0.05, 0) is 57.4 Å². The molecule has 0 aliphatic carbocycles. The molecule has 23 heavy (non-hydrogen) atoms. The Morgan fingerprint density at radius 1 is 1.30 bits per heavy atom. The van der Waals surface area contributed by atoms with Crippen molar-refractivity contribution in [2.45, 2.75) is 19.1 Å². The number of carbonyl (C=O) groups excluding carboxylic acids is 1. The average molecular weight is 381 g/mol. The third-order valence-electron chi connectivity index (χ3n) is 3.46. The van der Waals surface area contributed by atoms with Crippen molar-refractivity contribution in [1.82, 2.24) is 10.2 Å². The monoisotopic (exact) mass is 380 g/mol. The Hall–Kier alpha value is -1.79. The summed E-state index contributed by atoms with van der Waals surface area (Å²) in [5, 5.41) is 2.91. The molecule has 0 fully saturated rings. The van der Waals surface area contributed by atoms with E-state index >= 15 is 0 Å². The molecule has 0 spiro atoms. The van der Waals surface area contributed by atoms with Crippen molar-refractivity contribution in [3.05, 3.63) is 52.9 Å². The van der Waals surface area contributed by atoms with Gasteiger partial charge in [-0.2, -0.15) is 0 Å². The lowest BCUT2D eigenvalue weighted by molar-refractivity contribution is -0.127. The van der Waals surface area contributed by atoms with Gasteiger partial charge in [0.1, 0.15) is 11.5 Å². The van der Waals surface area contributed by atoms with Gasteiger partial charge in [0.15, 0.2) is 6.10 Å². The number of amides is 1. The molecule has 2 atom stereocenters. The average Bonchev–Trinajstić information content (AvgIpc) is 3.03. The lowest BCUT2D eigenvalue weighted by atomic mass is 10.2. The standard InChI is InChI=1S/C17H21BrN2O3/c1-12(23-14-8-6-13(18)7-9-14)17(21)19-11-15(20(2)3)16-5-4-10-22-16/h4-10,12,15H,11H2,1-3H3,(H,19,21). The Labute approximate surface area is 144 Å². The number of hydrogen-bond acceptors (Lipinski definition) is 4. The zero-order valence-corrected chi connectivity index (χ0v) is 15.0. The van der Waals surface area contributed by atoms with E-state index < -0.39 is 6.10 Å². The maximum atomic E-state index is 12.2. The quantitative estimate of drug-likeness (QED) is 0.800. The first-order valence-electron chi connectivity index (χ1n) is 7.37. The molecule has 2 rings (SSSR count). The third-order valence-corrected chi connectivity index (χ3v) is 3.99. The van der Waals surface area contributed by atoms with Crippen LogP contribution < -0.4 is 10.1 Å². The van der Waals surface area contributed by atoms with E-state index in [2.05, 4.69) is 21.2 Å². The molecule has 0 saturated carbocycles. The summed E-state index contributed by atoms with van der Waals surface area (Å²) in [4.78, 5) is 14.2. The summed E-state index contributed by atoms with van der Waals surface area (Å²) in [5.41, 5.74) is 0. The van der Waals surface area contributed by atoms with Gasteiger partial charge in [0.2, 0.25) is 0 Å². The number of likely N-dealkylation sites (N-methyl/N-ethyl adjacent to an activating group) is 1. The van der Waals surface area contributed by atoms with E-state index in [0.717, 1.165) is 10.2 Å². The molecule has 124 valence electrons. The van der Waals surface area contributed by atoms with Crippen molar-refractivity contribution in [1.29, 1.82) is 0 Å². The first-order chi connectivity index (χ1) is 11.0. The van der Waals surface area contributed by atoms with Crippen molar-refractivity contribution < 1.29 is 13.9 Å². The molecule has 0 bridgehead atoms. The van der Waals surface area contributed by atoms with Crippen molar-refractivity contribution in [2.75, 3.05) is 20.6 Å². The van der Waals surface area contributed by atoms with Crippen LogP contribution in [0.15, 0.2) is 51.6 Å². The molecule has 0 aliphatic heterocycles. The predicted molar refractivity (Wildman–Crippen MR) is 92.4 cm³/mol. The molecule has 1 aromatic heterocycles. The number of nitrogens with zero attached hydrogens (tertiary/aromatic N) is 1. The van der Waals surface area contributed by atoms with E-state index in [9.17, 15) is 4.79 Å². The van der Waals surface area contributed by atoms with Gasteiger partial charge in [-0.1, -0.05) is 15.9 Å². The lowest BCUT2D eigenvalue weighted by Crippen LogP contribution is -2.40.